The number of halogens is 1. The zero-order chi connectivity index (χ0) is 25.1. The van der Waals surface area contributed by atoms with Crippen molar-refractivity contribution in [2.24, 2.45) is 0 Å². The Morgan fingerprint density at radius 1 is 0.972 bits per heavy atom. The van der Waals surface area contributed by atoms with Gasteiger partial charge in [0.15, 0.2) is 5.13 Å². The van der Waals surface area contributed by atoms with Crippen LogP contribution in [0.1, 0.15) is 12.6 Å². The zero-order valence-corrected chi connectivity index (χ0v) is 19.9. The van der Waals surface area contributed by atoms with Gasteiger partial charge in [0.25, 0.3) is 5.91 Å². The van der Waals surface area contributed by atoms with Crippen LogP contribution in [-0.2, 0) is 9.59 Å². The first kappa shape index (κ1) is 23.1. The molecule has 5 rings (SSSR count). The van der Waals surface area contributed by atoms with Crippen LogP contribution in [0.3, 0.4) is 0 Å². The molecule has 0 fully saturated rings. The molecule has 9 heteroatoms. The van der Waals surface area contributed by atoms with Crippen LogP contribution in [-0.4, -0.2) is 26.3 Å². The summed E-state index contributed by atoms with van der Waals surface area (Å²) in [6.45, 7) is 1.34. The number of para-hydroxylation sites is 4. The Labute approximate surface area is 210 Å². The number of aromatic nitrogens is 3. The maximum Gasteiger partial charge on any atom is 0.250 e. The fraction of sp³-hybridized carbons (Fsp3) is 0.0370. The van der Waals surface area contributed by atoms with Gasteiger partial charge in [-0.25, -0.2) is 14.4 Å². The third kappa shape index (κ3) is 4.64. The lowest BCUT2D eigenvalue weighted by Gasteiger charge is -2.18. The van der Waals surface area contributed by atoms with Crippen molar-refractivity contribution in [1.82, 2.24) is 14.5 Å². The molecule has 1 N–H and O–H groups in total. The molecule has 3 aromatic carbocycles. The average molecular weight is 498 g/mol. The predicted octanol–water partition coefficient (Wildman–Crippen LogP) is 5.96. The Morgan fingerprint density at radius 2 is 1.69 bits per heavy atom. The Bertz CT molecular complexity index is 1590. The van der Waals surface area contributed by atoms with Crippen LogP contribution in [0.15, 0.2) is 90.3 Å². The number of anilines is 3. The van der Waals surface area contributed by atoms with Crippen LogP contribution in [0.5, 0.6) is 0 Å². The first-order valence-electron chi connectivity index (χ1n) is 11.0. The van der Waals surface area contributed by atoms with Gasteiger partial charge in [-0.2, -0.15) is 0 Å². The molecule has 0 saturated carbocycles. The molecular weight excluding hydrogens is 477 g/mol. The topological polar surface area (TPSA) is 80.1 Å². The maximum absolute atomic E-state index is 14.3. The van der Waals surface area contributed by atoms with Gasteiger partial charge in [-0.05, 0) is 42.5 Å². The third-order valence-electron chi connectivity index (χ3n) is 5.33. The minimum atomic E-state index is -0.527. The number of rotatable bonds is 6. The number of nitrogens with one attached hydrogen (secondary N) is 1. The molecule has 178 valence electrons. The van der Waals surface area contributed by atoms with E-state index in [1.165, 1.54) is 47.4 Å². The van der Waals surface area contributed by atoms with Crippen LogP contribution >= 0.6 is 11.3 Å². The first-order chi connectivity index (χ1) is 17.5. The van der Waals surface area contributed by atoms with E-state index in [2.05, 4.69) is 15.3 Å². The highest BCUT2D eigenvalue weighted by atomic mass is 32.1. The maximum atomic E-state index is 14.3. The van der Waals surface area contributed by atoms with E-state index >= 15 is 0 Å². The predicted molar refractivity (Wildman–Crippen MR) is 140 cm³/mol. The molecule has 2 aromatic heterocycles. The van der Waals surface area contributed by atoms with Crippen molar-refractivity contribution >= 4 is 57.0 Å². The summed E-state index contributed by atoms with van der Waals surface area (Å²) in [6.07, 6.45) is 2.87. The van der Waals surface area contributed by atoms with Gasteiger partial charge >= 0.3 is 0 Å². The number of amides is 2. The van der Waals surface area contributed by atoms with Gasteiger partial charge in [0.2, 0.25) is 11.9 Å². The van der Waals surface area contributed by atoms with Gasteiger partial charge < -0.3 is 0 Å². The SMILES string of the molecule is CC(=O)N(c1nc(/C=C/C(=O)Nc2nc3ccccc3n2-c2ccccc2)cs1)c1ccccc1F. The molecule has 0 saturated heterocycles. The number of carbonyl (C=O) groups excluding carboxylic acids is 2. The first-order valence-corrected chi connectivity index (χ1v) is 11.9. The Kier molecular flexibility index (Phi) is 6.38. The lowest BCUT2D eigenvalue weighted by molar-refractivity contribution is -0.116. The van der Waals surface area contributed by atoms with Crippen LogP contribution < -0.4 is 10.2 Å². The summed E-state index contributed by atoms with van der Waals surface area (Å²) < 4.78 is 16.2. The van der Waals surface area contributed by atoms with Crippen molar-refractivity contribution in [2.45, 2.75) is 6.92 Å². The molecule has 0 atom stereocenters. The fourth-order valence-electron chi connectivity index (χ4n) is 3.76. The van der Waals surface area contributed by atoms with E-state index in [9.17, 15) is 14.0 Å². The summed E-state index contributed by atoms with van der Waals surface area (Å²) in [5.41, 5.74) is 3.07. The quantitative estimate of drug-likeness (QED) is 0.294. The standard InChI is InChI=1S/C27H20FN5O2S/c1-18(34)32(23-13-7-5-11-21(23)28)27-29-19(17-36-27)15-16-25(35)31-26-30-22-12-6-8-14-24(22)33(26)20-9-3-2-4-10-20/h2-17H,1H3,(H,30,31,35)/b16-15+. The fourth-order valence-corrected chi connectivity index (χ4v) is 4.60. The minimum Gasteiger partial charge on any atom is -0.292 e. The van der Waals surface area contributed by atoms with E-state index in [1.54, 1.807) is 17.5 Å². The largest absolute Gasteiger partial charge is 0.292 e. The van der Waals surface area contributed by atoms with E-state index < -0.39 is 11.7 Å². The summed E-state index contributed by atoms with van der Waals surface area (Å²) in [5, 5.41) is 4.83. The van der Waals surface area contributed by atoms with Gasteiger partial charge in [-0.3, -0.25) is 24.4 Å². The summed E-state index contributed by atoms with van der Waals surface area (Å²) in [5.74, 6) is -0.906. The summed E-state index contributed by atoms with van der Waals surface area (Å²) in [4.78, 5) is 35.2. The lowest BCUT2D eigenvalue weighted by Crippen LogP contribution is -2.23. The van der Waals surface area contributed by atoms with Gasteiger partial charge in [0, 0.05) is 24.1 Å². The number of benzene rings is 3. The van der Waals surface area contributed by atoms with Crippen LogP contribution in [0.4, 0.5) is 21.2 Å². The molecule has 0 aliphatic carbocycles. The molecule has 0 aliphatic rings. The van der Waals surface area contributed by atoms with Gasteiger partial charge in [0.1, 0.15) is 5.82 Å². The highest BCUT2D eigenvalue weighted by molar-refractivity contribution is 7.14. The smallest absolute Gasteiger partial charge is 0.250 e. The number of hydrogen-bond donors (Lipinski definition) is 1. The van der Waals surface area contributed by atoms with E-state index in [-0.39, 0.29) is 11.6 Å². The van der Waals surface area contributed by atoms with Crippen LogP contribution in [0, 0.1) is 5.82 Å². The molecule has 2 heterocycles. The second-order valence-corrected chi connectivity index (χ2v) is 8.62. The number of nitrogens with zero attached hydrogens (tertiary/aromatic N) is 4. The minimum absolute atomic E-state index is 0.118. The van der Waals surface area contributed by atoms with Crippen molar-refractivity contribution in [3.8, 4) is 5.69 Å². The van der Waals surface area contributed by atoms with Crippen molar-refractivity contribution < 1.29 is 14.0 Å². The summed E-state index contributed by atoms with van der Waals surface area (Å²) >= 11 is 1.18. The Hall–Kier alpha value is -4.63. The van der Waals surface area contributed by atoms with Crippen molar-refractivity contribution in [3.05, 3.63) is 102 Å². The molecule has 0 bridgehead atoms. The number of carbonyl (C=O) groups is 2. The molecule has 0 aliphatic heterocycles. The van der Waals surface area contributed by atoms with Crippen LogP contribution in [0.25, 0.3) is 22.8 Å². The lowest BCUT2D eigenvalue weighted by atomic mass is 10.3. The Morgan fingerprint density at radius 3 is 2.47 bits per heavy atom. The highest BCUT2D eigenvalue weighted by Crippen LogP contribution is 2.31. The normalized spacial score (nSPS) is 11.2. The number of hydrogen-bond acceptors (Lipinski definition) is 5. The van der Waals surface area contributed by atoms with Crippen molar-refractivity contribution in [3.63, 3.8) is 0 Å². The number of fused-ring (bicyclic) bond motifs is 1. The number of thiazole rings is 1. The summed E-state index contributed by atoms with van der Waals surface area (Å²) in [6, 6.07) is 23.3. The van der Waals surface area contributed by atoms with E-state index in [4.69, 9.17) is 0 Å². The molecule has 7 nitrogen and oxygen atoms in total. The van der Waals surface area contributed by atoms with Crippen molar-refractivity contribution in [2.75, 3.05) is 10.2 Å². The van der Waals surface area contributed by atoms with Crippen LogP contribution in [0.2, 0.25) is 0 Å². The molecule has 36 heavy (non-hydrogen) atoms. The molecule has 2 amide bonds. The average Bonchev–Trinajstić information content (AvgIpc) is 3.49. The van der Waals surface area contributed by atoms with E-state index in [0.717, 1.165) is 16.7 Å². The zero-order valence-electron chi connectivity index (χ0n) is 19.1. The Balaban J connectivity index is 1.38. The van der Waals surface area contributed by atoms with Gasteiger partial charge in [0.05, 0.1) is 22.4 Å². The molecule has 0 spiro atoms. The van der Waals surface area contributed by atoms with Gasteiger partial charge in [-0.1, -0.05) is 42.5 Å². The van der Waals surface area contributed by atoms with E-state index in [1.807, 2.05) is 59.2 Å². The second-order valence-electron chi connectivity index (χ2n) is 7.78. The monoisotopic (exact) mass is 497 g/mol. The molecular formula is C27H20FN5O2S. The highest BCUT2D eigenvalue weighted by Gasteiger charge is 2.20. The summed E-state index contributed by atoms with van der Waals surface area (Å²) in [7, 11) is 0. The van der Waals surface area contributed by atoms with E-state index in [0.29, 0.717) is 16.8 Å². The van der Waals surface area contributed by atoms with Crippen molar-refractivity contribution in [1.29, 1.82) is 0 Å². The number of imidazole rings is 1. The molecule has 5 aromatic rings. The molecule has 0 radical (unpaired) electrons. The molecule has 0 unspecified atom stereocenters. The van der Waals surface area contributed by atoms with Gasteiger partial charge in [-0.15, -0.1) is 11.3 Å². The third-order valence-corrected chi connectivity index (χ3v) is 6.17. The second kappa shape index (κ2) is 9.93.